The maximum absolute atomic E-state index is 13.3. The highest BCUT2D eigenvalue weighted by Gasteiger charge is 2.09. The summed E-state index contributed by atoms with van der Waals surface area (Å²) in [5.74, 6) is 0.439. The molecule has 76 valence electrons. The van der Waals surface area contributed by atoms with Gasteiger partial charge in [0.25, 0.3) is 0 Å². The second-order valence-electron chi connectivity index (χ2n) is 2.85. The largest absolute Gasteiger partial charge is 0.479 e. The summed E-state index contributed by atoms with van der Waals surface area (Å²) in [6, 6.07) is 9.94. The molecule has 0 heterocycles. The summed E-state index contributed by atoms with van der Waals surface area (Å²) in [6.45, 7) is -0.0708. The molecule has 0 saturated carbocycles. The number of ether oxygens (including phenoxy) is 1. The fourth-order valence-electron chi connectivity index (χ4n) is 1.11. The standard InChI is InChI=1S/C11H9FN2O/c12-11(4-5-13)9-2-1-3-10(8-9)15-7-6-14/h1-3,8,11H,4,7H2. The van der Waals surface area contributed by atoms with Crippen molar-refractivity contribution in [2.45, 2.75) is 12.6 Å². The molecule has 0 aromatic heterocycles. The molecule has 4 heteroatoms. The lowest BCUT2D eigenvalue weighted by molar-refractivity contribution is 0.343. The Balaban J connectivity index is 2.75. The molecule has 1 unspecified atom stereocenters. The van der Waals surface area contributed by atoms with Crippen molar-refractivity contribution in [3.8, 4) is 17.9 Å². The number of hydrogen-bond acceptors (Lipinski definition) is 3. The smallest absolute Gasteiger partial charge is 0.174 e. The van der Waals surface area contributed by atoms with Gasteiger partial charge >= 0.3 is 0 Å². The number of hydrogen-bond donors (Lipinski definition) is 0. The van der Waals surface area contributed by atoms with E-state index in [0.717, 1.165) is 0 Å². The Morgan fingerprint density at radius 1 is 1.33 bits per heavy atom. The number of alkyl halides is 1. The average Bonchev–Trinajstić information content (AvgIpc) is 2.27. The second kappa shape index (κ2) is 5.62. The summed E-state index contributed by atoms with van der Waals surface area (Å²) in [4.78, 5) is 0. The van der Waals surface area contributed by atoms with Gasteiger partial charge in [-0.1, -0.05) is 12.1 Å². The Kier molecular flexibility index (Phi) is 4.12. The predicted octanol–water partition coefficient (Wildman–Crippen LogP) is 2.51. The zero-order valence-corrected chi connectivity index (χ0v) is 7.98. The van der Waals surface area contributed by atoms with Crippen LogP contribution in [0.3, 0.4) is 0 Å². The lowest BCUT2D eigenvalue weighted by Crippen LogP contribution is -1.95. The Hall–Kier alpha value is -2.07. The third-order valence-electron chi connectivity index (χ3n) is 1.79. The maximum atomic E-state index is 13.3. The van der Waals surface area contributed by atoms with Crippen LogP contribution in [0, 0.1) is 22.7 Å². The Bertz CT molecular complexity index is 406. The molecule has 1 aromatic carbocycles. The Morgan fingerprint density at radius 2 is 2.13 bits per heavy atom. The van der Waals surface area contributed by atoms with Crippen LogP contribution in [0.4, 0.5) is 4.39 Å². The monoisotopic (exact) mass is 204 g/mol. The number of halogens is 1. The average molecular weight is 204 g/mol. The molecule has 0 spiro atoms. The molecule has 3 nitrogen and oxygen atoms in total. The number of nitrogens with zero attached hydrogens (tertiary/aromatic N) is 2. The van der Waals surface area contributed by atoms with Gasteiger partial charge in [-0.05, 0) is 17.7 Å². The molecule has 0 bridgehead atoms. The van der Waals surface area contributed by atoms with E-state index in [1.807, 2.05) is 6.07 Å². The van der Waals surface area contributed by atoms with Crippen LogP contribution >= 0.6 is 0 Å². The first-order valence-corrected chi connectivity index (χ1v) is 4.38. The van der Waals surface area contributed by atoms with E-state index in [1.165, 1.54) is 6.07 Å². The van der Waals surface area contributed by atoms with E-state index in [4.69, 9.17) is 15.3 Å². The van der Waals surface area contributed by atoms with Gasteiger partial charge in [0, 0.05) is 0 Å². The molecular weight excluding hydrogens is 195 g/mol. The molecule has 0 N–H and O–H groups in total. The highest BCUT2D eigenvalue weighted by atomic mass is 19.1. The van der Waals surface area contributed by atoms with Crippen LogP contribution in [0.5, 0.6) is 5.75 Å². The zero-order chi connectivity index (χ0) is 11.1. The molecule has 1 rings (SSSR count). The van der Waals surface area contributed by atoms with Crippen LogP contribution in [0.15, 0.2) is 24.3 Å². The summed E-state index contributed by atoms with van der Waals surface area (Å²) < 4.78 is 18.3. The SMILES string of the molecule is N#CCOc1cccc(C(F)CC#N)c1. The molecule has 1 atom stereocenters. The van der Waals surface area contributed by atoms with Crippen LogP contribution in [0.1, 0.15) is 18.2 Å². The summed E-state index contributed by atoms with van der Waals surface area (Å²) in [5.41, 5.74) is 0.395. The summed E-state index contributed by atoms with van der Waals surface area (Å²) >= 11 is 0. The Morgan fingerprint density at radius 3 is 2.80 bits per heavy atom. The minimum Gasteiger partial charge on any atom is -0.479 e. The molecule has 0 amide bonds. The first kappa shape index (κ1) is 11.0. The van der Waals surface area contributed by atoms with Crippen molar-refractivity contribution in [3.63, 3.8) is 0 Å². The van der Waals surface area contributed by atoms with Crippen LogP contribution < -0.4 is 4.74 Å². The normalized spacial score (nSPS) is 11.1. The quantitative estimate of drug-likeness (QED) is 0.757. The zero-order valence-electron chi connectivity index (χ0n) is 7.98. The van der Waals surface area contributed by atoms with E-state index in [0.29, 0.717) is 11.3 Å². The summed E-state index contributed by atoms with van der Waals surface area (Å²) in [5, 5.41) is 16.6. The van der Waals surface area contributed by atoms with Crippen LogP contribution in [0.2, 0.25) is 0 Å². The maximum Gasteiger partial charge on any atom is 0.174 e. The van der Waals surface area contributed by atoms with Gasteiger partial charge < -0.3 is 4.74 Å². The second-order valence-corrected chi connectivity index (χ2v) is 2.85. The molecule has 0 saturated heterocycles. The highest BCUT2D eigenvalue weighted by molar-refractivity contribution is 5.30. The lowest BCUT2D eigenvalue weighted by Gasteiger charge is -2.06. The van der Waals surface area contributed by atoms with Gasteiger partial charge in [-0.15, -0.1) is 0 Å². The van der Waals surface area contributed by atoms with Crippen molar-refractivity contribution in [2.75, 3.05) is 6.61 Å². The molecule has 0 aliphatic carbocycles. The Labute approximate surface area is 87.3 Å². The van der Waals surface area contributed by atoms with Crippen LogP contribution in [-0.2, 0) is 0 Å². The number of benzene rings is 1. The van der Waals surface area contributed by atoms with Crippen molar-refractivity contribution in [1.29, 1.82) is 10.5 Å². The third-order valence-corrected chi connectivity index (χ3v) is 1.79. The molecule has 0 aliphatic rings. The van der Waals surface area contributed by atoms with E-state index >= 15 is 0 Å². The van der Waals surface area contributed by atoms with Crippen molar-refractivity contribution >= 4 is 0 Å². The van der Waals surface area contributed by atoms with Gasteiger partial charge in [0.05, 0.1) is 12.5 Å². The third kappa shape index (κ3) is 3.28. The molecule has 0 fully saturated rings. The van der Waals surface area contributed by atoms with Gasteiger partial charge in [-0.2, -0.15) is 10.5 Å². The molecule has 0 radical (unpaired) electrons. The van der Waals surface area contributed by atoms with Crippen molar-refractivity contribution in [1.82, 2.24) is 0 Å². The van der Waals surface area contributed by atoms with E-state index in [-0.39, 0.29) is 13.0 Å². The van der Waals surface area contributed by atoms with E-state index in [9.17, 15) is 4.39 Å². The van der Waals surface area contributed by atoms with Gasteiger partial charge in [-0.3, -0.25) is 0 Å². The van der Waals surface area contributed by atoms with Gasteiger partial charge in [-0.25, -0.2) is 4.39 Å². The molecule has 1 aromatic rings. The molecular formula is C11H9FN2O. The van der Waals surface area contributed by atoms with Gasteiger partial charge in [0.15, 0.2) is 6.61 Å². The molecule has 0 aliphatic heterocycles. The fraction of sp³-hybridized carbons (Fsp3) is 0.273. The summed E-state index contributed by atoms with van der Waals surface area (Å²) in [7, 11) is 0. The first-order chi connectivity index (χ1) is 7.27. The van der Waals surface area contributed by atoms with Gasteiger partial charge in [0.1, 0.15) is 18.0 Å². The van der Waals surface area contributed by atoms with Crippen molar-refractivity contribution in [3.05, 3.63) is 29.8 Å². The minimum atomic E-state index is -1.30. The lowest BCUT2D eigenvalue weighted by atomic mass is 10.1. The first-order valence-electron chi connectivity index (χ1n) is 4.38. The molecule has 15 heavy (non-hydrogen) atoms. The highest BCUT2D eigenvalue weighted by Crippen LogP contribution is 2.24. The minimum absolute atomic E-state index is 0.0708. The topological polar surface area (TPSA) is 56.8 Å². The van der Waals surface area contributed by atoms with E-state index in [2.05, 4.69) is 0 Å². The predicted molar refractivity (Wildman–Crippen MR) is 51.6 cm³/mol. The van der Waals surface area contributed by atoms with Gasteiger partial charge in [0.2, 0.25) is 0 Å². The van der Waals surface area contributed by atoms with Crippen molar-refractivity contribution in [2.24, 2.45) is 0 Å². The van der Waals surface area contributed by atoms with Crippen LogP contribution in [0.25, 0.3) is 0 Å². The van der Waals surface area contributed by atoms with E-state index in [1.54, 1.807) is 24.3 Å². The number of rotatable bonds is 4. The summed E-state index contributed by atoms with van der Waals surface area (Å²) in [6.07, 6.45) is -1.48. The number of nitriles is 2. The van der Waals surface area contributed by atoms with Crippen molar-refractivity contribution < 1.29 is 9.13 Å². The van der Waals surface area contributed by atoms with Crippen LogP contribution in [-0.4, -0.2) is 6.61 Å². The van der Waals surface area contributed by atoms with E-state index < -0.39 is 6.17 Å². The fourth-order valence-corrected chi connectivity index (χ4v) is 1.11.